The normalized spacial score (nSPS) is 16.8. The van der Waals surface area contributed by atoms with Crippen LogP contribution in [0.4, 0.5) is 11.4 Å². The summed E-state index contributed by atoms with van der Waals surface area (Å²) < 4.78 is 0. The molecule has 1 N–H and O–H groups in total. The molecule has 136 valence electrons. The van der Waals surface area contributed by atoms with Gasteiger partial charge in [0.05, 0.1) is 5.92 Å². The predicted octanol–water partition coefficient (Wildman–Crippen LogP) is 2.65. The number of benzene rings is 1. The largest absolute Gasteiger partial charge is 0.343 e. The van der Waals surface area contributed by atoms with Gasteiger partial charge in [0, 0.05) is 44.4 Å². The number of amides is 3. The Kier molecular flexibility index (Phi) is 6.56. The Labute approximate surface area is 149 Å². The van der Waals surface area contributed by atoms with Gasteiger partial charge in [0.15, 0.2) is 0 Å². The van der Waals surface area contributed by atoms with Crippen LogP contribution >= 0.6 is 0 Å². The Morgan fingerprint density at radius 2 is 1.92 bits per heavy atom. The van der Waals surface area contributed by atoms with Gasteiger partial charge in [-0.15, -0.1) is 0 Å². The second-order valence-corrected chi connectivity index (χ2v) is 6.40. The zero-order valence-corrected chi connectivity index (χ0v) is 15.2. The molecule has 1 aromatic rings. The minimum atomic E-state index is -0.278. The summed E-state index contributed by atoms with van der Waals surface area (Å²) in [5.74, 6) is -0.374. The second-order valence-electron chi connectivity index (χ2n) is 6.40. The van der Waals surface area contributed by atoms with E-state index in [9.17, 15) is 14.4 Å². The van der Waals surface area contributed by atoms with Gasteiger partial charge in [-0.05, 0) is 37.6 Å². The van der Waals surface area contributed by atoms with Gasteiger partial charge < -0.3 is 15.1 Å². The first-order valence-corrected chi connectivity index (χ1v) is 8.93. The summed E-state index contributed by atoms with van der Waals surface area (Å²) in [6.07, 6.45) is 2.28. The summed E-state index contributed by atoms with van der Waals surface area (Å²) in [6.45, 7) is 7.37. The fourth-order valence-corrected chi connectivity index (χ4v) is 3.08. The van der Waals surface area contributed by atoms with Crippen molar-refractivity contribution < 1.29 is 14.4 Å². The molecule has 1 aliphatic rings. The number of carbonyl (C=O) groups is 3. The van der Waals surface area contributed by atoms with Crippen molar-refractivity contribution in [1.29, 1.82) is 0 Å². The Bertz CT molecular complexity index is 627. The Hall–Kier alpha value is -2.37. The van der Waals surface area contributed by atoms with E-state index in [2.05, 4.69) is 12.2 Å². The van der Waals surface area contributed by atoms with Gasteiger partial charge in [0.1, 0.15) is 0 Å². The maximum atomic E-state index is 12.7. The van der Waals surface area contributed by atoms with Crippen molar-refractivity contribution in [3.05, 3.63) is 24.3 Å². The number of unbranched alkanes of at least 4 members (excludes halogenated alkanes) is 1. The zero-order chi connectivity index (χ0) is 18.4. The predicted molar refractivity (Wildman–Crippen MR) is 98.4 cm³/mol. The molecular weight excluding hydrogens is 318 g/mol. The summed E-state index contributed by atoms with van der Waals surface area (Å²) in [5, 5.41) is 2.70. The molecule has 0 aromatic heterocycles. The third-order valence-corrected chi connectivity index (χ3v) is 4.45. The van der Waals surface area contributed by atoms with Crippen LogP contribution in [0.15, 0.2) is 24.3 Å². The first kappa shape index (κ1) is 19.0. The van der Waals surface area contributed by atoms with Crippen molar-refractivity contribution in [3.63, 3.8) is 0 Å². The third-order valence-electron chi connectivity index (χ3n) is 4.45. The molecule has 2 rings (SSSR count). The molecule has 0 spiro atoms. The zero-order valence-electron chi connectivity index (χ0n) is 15.2. The lowest BCUT2D eigenvalue weighted by atomic mass is 10.1. The fraction of sp³-hybridized carbons (Fsp3) is 0.526. The number of anilines is 2. The molecule has 1 aromatic carbocycles. The van der Waals surface area contributed by atoms with E-state index in [1.54, 1.807) is 29.2 Å². The van der Waals surface area contributed by atoms with E-state index < -0.39 is 0 Å². The summed E-state index contributed by atoms with van der Waals surface area (Å²) >= 11 is 0. The molecule has 1 saturated heterocycles. The number of hydrogen-bond acceptors (Lipinski definition) is 3. The van der Waals surface area contributed by atoms with E-state index in [1.807, 2.05) is 11.8 Å². The van der Waals surface area contributed by atoms with Gasteiger partial charge in [0.2, 0.25) is 17.7 Å². The first-order chi connectivity index (χ1) is 12.0. The summed E-state index contributed by atoms with van der Waals surface area (Å²) in [6, 6.07) is 7.12. The minimum Gasteiger partial charge on any atom is -0.343 e. The molecule has 6 heteroatoms. The number of nitrogens with zero attached hydrogens (tertiary/aromatic N) is 2. The van der Waals surface area contributed by atoms with Crippen LogP contribution < -0.4 is 10.2 Å². The molecule has 1 aliphatic heterocycles. The smallest absolute Gasteiger partial charge is 0.228 e. The average Bonchev–Trinajstić information content (AvgIpc) is 2.97. The van der Waals surface area contributed by atoms with Crippen LogP contribution in [0.1, 0.15) is 40.0 Å². The lowest BCUT2D eigenvalue weighted by Gasteiger charge is -2.24. The molecule has 6 nitrogen and oxygen atoms in total. The summed E-state index contributed by atoms with van der Waals surface area (Å²) in [7, 11) is 0. The highest BCUT2D eigenvalue weighted by Gasteiger charge is 2.36. The number of hydrogen-bond donors (Lipinski definition) is 1. The Morgan fingerprint density at radius 1 is 1.24 bits per heavy atom. The molecular formula is C19H27N3O3. The molecule has 3 amide bonds. The highest BCUT2D eigenvalue weighted by atomic mass is 16.2. The van der Waals surface area contributed by atoms with E-state index in [-0.39, 0.29) is 30.1 Å². The van der Waals surface area contributed by atoms with Crippen molar-refractivity contribution in [2.75, 3.05) is 29.9 Å². The van der Waals surface area contributed by atoms with Gasteiger partial charge in [-0.3, -0.25) is 14.4 Å². The average molecular weight is 345 g/mol. The molecule has 0 saturated carbocycles. The van der Waals surface area contributed by atoms with Crippen molar-refractivity contribution in [3.8, 4) is 0 Å². The summed E-state index contributed by atoms with van der Waals surface area (Å²) in [4.78, 5) is 39.6. The Balaban J connectivity index is 2.04. The van der Waals surface area contributed by atoms with Gasteiger partial charge >= 0.3 is 0 Å². The van der Waals surface area contributed by atoms with Crippen molar-refractivity contribution in [1.82, 2.24) is 4.90 Å². The van der Waals surface area contributed by atoms with Crippen molar-refractivity contribution in [2.45, 2.75) is 40.0 Å². The van der Waals surface area contributed by atoms with E-state index >= 15 is 0 Å². The quantitative estimate of drug-likeness (QED) is 0.826. The monoisotopic (exact) mass is 345 g/mol. The first-order valence-electron chi connectivity index (χ1n) is 8.93. The molecule has 1 fully saturated rings. The Morgan fingerprint density at radius 3 is 2.48 bits per heavy atom. The second kappa shape index (κ2) is 8.65. The molecule has 0 aliphatic carbocycles. The number of nitrogens with one attached hydrogen (secondary N) is 1. The lowest BCUT2D eigenvalue weighted by Crippen LogP contribution is -2.38. The van der Waals surface area contributed by atoms with Crippen molar-refractivity contribution >= 4 is 29.1 Å². The fourth-order valence-electron chi connectivity index (χ4n) is 3.08. The summed E-state index contributed by atoms with van der Waals surface area (Å²) in [5.41, 5.74) is 1.44. The highest BCUT2D eigenvalue weighted by molar-refractivity contribution is 6.00. The SMILES string of the molecule is CCCCN(CC)C(=O)C1CC(=O)N(c2ccc(NC(C)=O)cc2)C1. The molecule has 0 bridgehead atoms. The van der Waals surface area contributed by atoms with E-state index in [0.717, 1.165) is 25.1 Å². The van der Waals surface area contributed by atoms with Gasteiger partial charge in [-0.25, -0.2) is 0 Å². The molecule has 25 heavy (non-hydrogen) atoms. The number of carbonyl (C=O) groups excluding carboxylic acids is 3. The van der Waals surface area contributed by atoms with E-state index in [1.165, 1.54) is 6.92 Å². The van der Waals surface area contributed by atoms with Crippen molar-refractivity contribution in [2.24, 2.45) is 5.92 Å². The van der Waals surface area contributed by atoms with Crippen LogP contribution in [0, 0.1) is 5.92 Å². The minimum absolute atomic E-state index is 0.0304. The molecule has 1 unspecified atom stereocenters. The van der Waals surface area contributed by atoms with E-state index in [4.69, 9.17) is 0 Å². The number of rotatable bonds is 7. The maximum absolute atomic E-state index is 12.7. The molecule has 0 radical (unpaired) electrons. The van der Waals surface area contributed by atoms with Crippen LogP contribution in [0.25, 0.3) is 0 Å². The van der Waals surface area contributed by atoms with Gasteiger partial charge in [-0.1, -0.05) is 13.3 Å². The van der Waals surface area contributed by atoms with Crippen LogP contribution in [0.2, 0.25) is 0 Å². The van der Waals surface area contributed by atoms with Crippen LogP contribution in [0.5, 0.6) is 0 Å². The maximum Gasteiger partial charge on any atom is 0.228 e. The van der Waals surface area contributed by atoms with Gasteiger partial charge in [-0.2, -0.15) is 0 Å². The van der Waals surface area contributed by atoms with Crippen LogP contribution in [-0.4, -0.2) is 42.3 Å². The van der Waals surface area contributed by atoms with E-state index in [0.29, 0.717) is 18.8 Å². The standard InChI is InChI=1S/C19H27N3O3/c1-4-6-11-21(5-2)19(25)15-12-18(24)22(13-15)17-9-7-16(8-10-17)20-14(3)23/h7-10,15H,4-6,11-13H2,1-3H3,(H,20,23). The lowest BCUT2D eigenvalue weighted by molar-refractivity contribution is -0.135. The molecule has 1 atom stereocenters. The highest BCUT2D eigenvalue weighted by Crippen LogP contribution is 2.27. The van der Waals surface area contributed by atoms with Crippen LogP contribution in [-0.2, 0) is 14.4 Å². The van der Waals surface area contributed by atoms with Gasteiger partial charge in [0.25, 0.3) is 0 Å². The topological polar surface area (TPSA) is 69.7 Å². The molecule has 1 heterocycles. The van der Waals surface area contributed by atoms with Crippen LogP contribution in [0.3, 0.4) is 0 Å². The third kappa shape index (κ3) is 4.81.